The molecule has 0 aromatic heterocycles. The Morgan fingerprint density at radius 1 is 1.00 bits per heavy atom. The molecule has 0 radical (unpaired) electrons. The molecule has 2 saturated carbocycles. The Labute approximate surface area is 150 Å². The summed E-state index contributed by atoms with van der Waals surface area (Å²) in [6, 6.07) is 5.99. The summed E-state index contributed by atoms with van der Waals surface area (Å²) < 4.78 is 31.0. The van der Waals surface area contributed by atoms with Gasteiger partial charge in [-0.25, -0.2) is 17.5 Å². The maximum absolute atomic E-state index is 12.4. The number of nitrogens with zero attached hydrogens (tertiary/aromatic N) is 1. The molecule has 6 heteroatoms. The fourth-order valence-electron chi connectivity index (χ4n) is 4.13. The smallest absolute Gasteiger partial charge is 0.338 e. The molecule has 1 aromatic carbocycles. The van der Waals surface area contributed by atoms with Crippen LogP contribution in [0.5, 0.6) is 0 Å². The lowest BCUT2D eigenvalue weighted by molar-refractivity contribution is -0.000933. The Bertz CT molecular complexity index is 711. The van der Waals surface area contributed by atoms with Crippen LogP contribution in [0.1, 0.15) is 55.3 Å². The summed E-state index contributed by atoms with van der Waals surface area (Å²) >= 11 is 0. The lowest BCUT2D eigenvalue weighted by atomic mass is 9.70. The average molecular weight is 365 g/mol. The van der Waals surface area contributed by atoms with Crippen LogP contribution in [0.15, 0.2) is 29.2 Å². The Kier molecular flexibility index (Phi) is 5.49. The lowest BCUT2D eigenvalue weighted by Crippen LogP contribution is -2.33. The van der Waals surface area contributed by atoms with Crippen molar-refractivity contribution < 1.29 is 17.9 Å². The second kappa shape index (κ2) is 7.46. The molecule has 0 saturated heterocycles. The first-order chi connectivity index (χ1) is 11.9. The third-order valence-corrected chi connectivity index (χ3v) is 7.46. The van der Waals surface area contributed by atoms with Crippen LogP contribution < -0.4 is 0 Å². The lowest BCUT2D eigenvalue weighted by Gasteiger charge is -2.38. The number of rotatable bonds is 4. The van der Waals surface area contributed by atoms with Crippen LogP contribution in [-0.4, -0.2) is 38.9 Å². The van der Waals surface area contributed by atoms with E-state index in [0.29, 0.717) is 11.5 Å². The molecular formula is C19H27NO4S. The quantitative estimate of drug-likeness (QED) is 0.767. The predicted octanol–water partition coefficient (Wildman–Crippen LogP) is 3.45. The molecule has 0 amide bonds. The van der Waals surface area contributed by atoms with E-state index in [1.54, 1.807) is 0 Å². The average Bonchev–Trinajstić information content (AvgIpc) is 2.61. The van der Waals surface area contributed by atoms with Gasteiger partial charge in [-0.1, -0.05) is 25.7 Å². The van der Waals surface area contributed by atoms with E-state index in [-0.39, 0.29) is 17.0 Å². The highest BCUT2D eigenvalue weighted by molar-refractivity contribution is 7.89. The fourth-order valence-corrected chi connectivity index (χ4v) is 5.03. The fraction of sp³-hybridized carbons (Fsp3) is 0.632. The molecule has 25 heavy (non-hydrogen) atoms. The SMILES string of the molecule is CN(C)S(=O)(=O)c1ccc(C(=O)OC2CCC3CCCCC3C2)cc1. The van der Waals surface area contributed by atoms with Crippen molar-refractivity contribution in [2.24, 2.45) is 11.8 Å². The van der Waals surface area contributed by atoms with Gasteiger partial charge in [0.25, 0.3) is 0 Å². The summed E-state index contributed by atoms with van der Waals surface area (Å²) in [5, 5.41) is 0. The Balaban J connectivity index is 1.62. The molecule has 3 atom stereocenters. The van der Waals surface area contributed by atoms with Gasteiger partial charge < -0.3 is 4.74 Å². The van der Waals surface area contributed by atoms with E-state index in [1.165, 1.54) is 64.0 Å². The zero-order valence-electron chi connectivity index (χ0n) is 15.0. The summed E-state index contributed by atoms with van der Waals surface area (Å²) in [5.41, 5.74) is 0.406. The summed E-state index contributed by atoms with van der Waals surface area (Å²) in [4.78, 5) is 12.6. The molecule has 3 rings (SSSR count). The minimum absolute atomic E-state index is 0.00275. The van der Waals surface area contributed by atoms with Crippen LogP contribution in [0.2, 0.25) is 0 Å². The first-order valence-corrected chi connectivity index (χ1v) is 10.6. The number of ether oxygens (including phenoxy) is 1. The number of esters is 1. The Hall–Kier alpha value is -1.40. The van der Waals surface area contributed by atoms with Gasteiger partial charge >= 0.3 is 5.97 Å². The number of benzene rings is 1. The van der Waals surface area contributed by atoms with Gasteiger partial charge in [0.1, 0.15) is 6.10 Å². The highest BCUT2D eigenvalue weighted by atomic mass is 32.2. The first-order valence-electron chi connectivity index (χ1n) is 9.11. The maximum atomic E-state index is 12.4. The molecule has 1 aromatic rings. The molecule has 3 unspecified atom stereocenters. The van der Waals surface area contributed by atoms with Gasteiger partial charge in [-0.05, 0) is 55.4 Å². The number of hydrogen-bond donors (Lipinski definition) is 0. The third-order valence-electron chi connectivity index (χ3n) is 5.63. The van der Waals surface area contributed by atoms with E-state index in [9.17, 15) is 13.2 Å². The molecule has 0 spiro atoms. The van der Waals surface area contributed by atoms with Crippen molar-refractivity contribution in [1.82, 2.24) is 4.31 Å². The third kappa shape index (κ3) is 4.06. The highest BCUT2D eigenvalue weighted by Crippen LogP contribution is 2.41. The summed E-state index contributed by atoms with van der Waals surface area (Å²) in [7, 11) is -0.508. The summed E-state index contributed by atoms with van der Waals surface area (Å²) in [6.07, 6.45) is 8.30. The van der Waals surface area contributed by atoms with Crippen LogP contribution >= 0.6 is 0 Å². The zero-order chi connectivity index (χ0) is 18.0. The number of hydrogen-bond acceptors (Lipinski definition) is 4. The number of carbonyl (C=O) groups is 1. The van der Waals surface area contributed by atoms with Gasteiger partial charge in [-0.15, -0.1) is 0 Å². The zero-order valence-corrected chi connectivity index (χ0v) is 15.8. The predicted molar refractivity (Wildman–Crippen MR) is 95.8 cm³/mol. The summed E-state index contributed by atoms with van der Waals surface area (Å²) in [5.74, 6) is 1.17. The monoisotopic (exact) mass is 365 g/mol. The van der Waals surface area contributed by atoms with Crippen LogP contribution in [0.4, 0.5) is 0 Å². The molecular weight excluding hydrogens is 338 g/mol. The van der Waals surface area contributed by atoms with Gasteiger partial charge in [0, 0.05) is 14.1 Å². The van der Waals surface area contributed by atoms with E-state index in [2.05, 4.69) is 0 Å². The molecule has 2 aliphatic carbocycles. The summed E-state index contributed by atoms with van der Waals surface area (Å²) in [6.45, 7) is 0. The van der Waals surface area contributed by atoms with E-state index >= 15 is 0 Å². The molecule has 0 bridgehead atoms. The molecule has 5 nitrogen and oxygen atoms in total. The largest absolute Gasteiger partial charge is 0.459 e. The number of fused-ring (bicyclic) bond motifs is 1. The number of sulfonamides is 1. The van der Waals surface area contributed by atoms with Gasteiger partial charge in [0.2, 0.25) is 10.0 Å². The van der Waals surface area contributed by atoms with E-state index < -0.39 is 10.0 Å². The number of carbonyl (C=O) groups excluding carboxylic acids is 1. The van der Waals surface area contributed by atoms with Crippen molar-refractivity contribution in [3.8, 4) is 0 Å². The molecule has 138 valence electrons. The van der Waals surface area contributed by atoms with Crippen molar-refractivity contribution in [2.75, 3.05) is 14.1 Å². The van der Waals surface area contributed by atoms with Crippen molar-refractivity contribution in [3.63, 3.8) is 0 Å². The molecule has 2 fully saturated rings. The standard InChI is InChI=1S/C19H27NO4S/c1-20(2)25(22,23)18-11-8-15(9-12-18)19(21)24-17-10-7-14-5-3-4-6-16(14)13-17/h8-9,11-12,14,16-17H,3-7,10,13H2,1-2H3. The van der Waals surface area contributed by atoms with Crippen LogP contribution in [0.25, 0.3) is 0 Å². The van der Waals surface area contributed by atoms with E-state index in [1.807, 2.05) is 0 Å². The van der Waals surface area contributed by atoms with E-state index in [4.69, 9.17) is 4.74 Å². The topological polar surface area (TPSA) is 63.7 Å². The van der Waals surface area contributed by atoms with Crippen molar-refractivity contribution in [2.45, 2.75) is 55.9 Å². The van der Waals surface area contributed by atoms with Crippen LogP contribution in [0, 0.1) is 11.8 Å². The maximum Gasteiger partial charge on any atom is 0.338 e. The van der Waals surface area contributed by atoms with Gasteiger partial charge in [-0.3, -0.25) is 0 Å². The molecule has 0 N–H and O–H groups in total. The first kappa shape index (κ1) is 18.4. The van der Waals surface area contributed by atoms with Crippen LogP contribution in [0.3, 0.4) is 0 Å². The normalized spacial score (nSPS) is 26.9. The van der Waals surface area contributed by atoms with Gasteiger partial charge in [0.05, 0.1) is 10.5 Å². The van der Waals surface area contributed by atoms with Crippen molar-refractivity contribution >= 4 is 16.0 Å². The molecule has 0 aliphatic heterocycles. The highest BCUT2D eigenvalue weighted by Gasteiger charge is 2.33. The molecule has 2 aliphatic rings. The Morgan fingerprint density at radius 2 is 1.64 bits per heavy atom. The van der Waals surface area contributed by atoms with E-state index in [0.717, 1.165) is 29.5 Å². The van der Waals surface area contributed by atoms with Crippen LogP contribution in [-0.2, 0) is 14.8 Å². The molecule has 0 heterocycles. The van der Waals surface area contributed by atoms with Crippen molar-refractivity contribution in [1.29, 1.82) is 0 Å². The minimum atomic E-state index is -3.48. The van der Waals surface area contributed by atoms with Crippen molar-refractivity contribution in [3.05, 3.63) is 29.8 Å². The second-order valence-electron chi connectivity index (χ2n) is 7.46. The minimum Gasteiger partial charge on any atom is -0.459 e. The second-order valence-corrected chi connectivity index (χ2v) is 9.61. The Morgan fingerprint density at radius 3 is 2.28 bits per heavy atom. The van der Waals surface area contributed by atoms with Gasteiger partial charge in [-0.2, -0.15) is 0 Å². The van der Waals surface area contributed by atoms with Gasteiger partial charge in [0.15, 0.2) is 0 Å².